The highest BCUT2D eigenvalue weighted by atomic mass is 16.5. The number of hydrogen-bond acceptors (Lipinski definition) is 3. The van der Waals surface area contributed by atoms with Crippen LogP contribution in [0.3, 0.4) is 0 Å². The van der Waals surface area contributed by atoms with Gasteiger partial charge in [-0.05, 0) is 56.0 Å². The molecule has 0 saturated carbocycles. The number of nitrogens with two attached hydrogens (primary N) is 1. The van der Waals surface area contributed by atoms with Crippen molar-refractivity contribution >= 4 is 11.6 Å². The van der Waals surface area contributed by atoms with Crippen molar-refractivity contribution < 1.29 is 9.53 Å². The zero-order valence-electron chi connectivity index (χ0n) is 14.3. The quantitative estimate of drug-likeness (QED) is 0.918. The summed E-state index contributed by atoms with van der Waals surface area (Å²) in [5.74, 6) is 0.624. The van der Waals surface area contributed by atoms with Crippen LogP contribution in [0.4, 0.5) is 5.69 Å². The SMILES string of the molecule is Cc1ccc(COc2ccc(N3CCC[C@@H]3C(N)=O)cc2C)cc1. The first kappa shape index (κ1) is 16.4. The van der Waals surface area contributed by atoms with E-state index in [0.29, 0.717) is 6.61 Å². The molecule has 2 aromatic rings. The predicted octanol–water partition coefficient (Wildman–Crippen LogP) is 3.34. The van der Waals surface area contributed by atoms with Crippen molar-refractivity contribution in [2.45, 2.75) is 39.3 Å². The van der Waals surface area contributed by atoms with Crippen LogP contribution in [0.1, 0.15) is 29.5 Å². The van der Waals surface area contributed by atoms with Crippen molar-refractivity contribution in [2.24, 2.45) is 5.73 Å². The summed E-state index contributed by atoms with van der Waals surface area (Å²) in [7, 11) is 0. The number of amides is 1. The fourth-order valence-corrected chi connectivity index (χ4v) is 3.19. The summed E-state index contributed by atoms with van der Waals surface area (Å²) in [6.07, 6.45) is 1.83. The monoisotopic (exact) mass is 324 g/mol. The van der Waals surface area contributed by atoms with Crippen molar-refractivity contribution in [3.8, 4) is 5.75 Å². The van der Waals surface area contributed by atoms with Crippen molar-refractivity contribution in [1.29, 1.82) is 0 Å². The van der Waals surface area contributed by atoms with Gasteiger partial charge in [0.05, 0.1) is 0 Å². The first-order chi connectivity index (χ1) is 11.5. The second kappa shape index (κ2) is 6.95. The Balaban J connectivity index is 1.70. The lowest BCUT2D eigenvalue weighted by Crippen LogP contribution is -2.40. The van der Waals surface area contributed by atoms with Gasteiger partial charge in [-0.3, -0.25) is 4.79 Å². The third-order valence-electron chi connectivity index (χ3n) is 4.59. The first-order valence-corrected chi connectivity index (χ1v) is 8.39. The molecule has 0 aromatic heterocycles. The maximum atomic E-state index is 11.6. The van der Waals surface area contributed by atoms with E-state index in [-0.39, 0.29) is 11.9 Å². The molecule has 3 rings (SSSR count). The smallest absolute Gasteiger partial charge is 0.240 e. The van der Waals surface area contributed by atoms with Crippen molar-refractivity contribution in [3.63, 3.8) is 0 Å². The first-order valence-electron chi connectivity index (χ1n) is 8.39. The third-order valence-corrected chi connectivity index (χ3v) is 4.59. The number of carbonyl (C=O) groups is 1. The minimum absolute atomic E-state index is 0.191. The van der Waals surface area contributed by atoms with E-state index < -0.39 is 0 Å². The number of aryl methyl sites for hydroxylation is 2. The second-order valence-electron chi connectivity index (χ2n) is 6.48. The molecular weight excluding hydrogens is 300 g/mol. The highest BCUT2D eigenvalue weighted by Crippen LogP contribution is 2.30. The van der Waals surface area contributed by atoms with Crippen LogP contribution >= 0.6 is 0 Å². The molecule has 2 N–H and O–H groups in total. The van der Waals surface area contributed by atoms with E-state index in [1.54, 1.807) is 0 Å². The highest BCUT2D eigenvalue weighted by molar-refractivity contribution is 5.84. The Morgan fingerprint density at radius 1 is 1.21 bits per heavy atom. The largest absolute Gasteiger partial charge is 0.489 e. The zero-order valence-corrected chi connectivity index (χ0v) is 14.3. The number of hydrogen-bond donors (Lipinski definition) is 1. The fourth-order valence-electron chi connectivity index (χ4n) is 3.19. The van der Waals surface area contributed by atoms with Crippen molar-refractivity contribution in [3.05, 3.63) is 59.2 Å². The van der Waals surface area contributed by atoms with Gasteiger partial charge in [-0.2, -0.15) is 0 Å². The minimum Gasteiger partial charge on any atom is -0.489 e. The molecule has 0 bridgehead atoms. The van der Waals surface area contributed by atoms with Gasteiger partial charge in [-0.1, -0.05) is 29.8 Å². The lowest BCUT2D eigenvalue weighted by Gasteiger charge is -2.25. The van der Waals surface area contributed by atoms with Gasteiger partial charge in [0, 0.05) is 12.2 Å². The van der Waals surface area contributed by atoms with Crippen LogP contribution in [-0.2, 0) is 11.4 Å². The van der Waals surface area contributed by atoms with E-state index in [1.807, 2.05) is 19.1 Å². The minimum atomic E-state index is -0.246. The summed E-state index contributed by atoms with van der Waals surface area (Å²) < 4.78 is 5.94. The molecule has 0 aliphatic carbocycles. The number of anilines is 1. The van der Waals surface area contributed by atoms with Gasteiger partial charge in [0.25, 0.3) is 0 Å². The Morgan fingerprint density at radius 3 is 2.62 bits per heavy atom. The van der Waals surface area contributed by atoms with Gasteiger partial charge in [0.1, 0.15) is 18.4 Å². The molecule has 4 heteroatoms. The second-order valence-corrected chi connectivity index (χ2v) is 6.48. The molecule has 2 aromatic carbocycles. The molecule has 0 radical (unpaired) electrons. The third kappa shape index (κ3) is 3.53. The number of nitrogens with zero attached hydrogens (tertiary/aromatic N) is 1. The van der Waals surface area contributed by atoms with Gasteiger partial charge in [0.15, 0.2) is 0 Å². The van der Waals surface area contributed by atoms with Crippen LogP contribution in [0.2, 0.25) is 0 Å². The molecule has 1 atom stereocenters. The van der Waals surface area contributed by atoms with Gasteiger partial charge >= 0.3 is 0 Å². The molecule has 1 aliphatic rings. The summed E-state index contributed by atoms with van der Waals surface area (Å²) >= 11 is 0. The van der Waals surface area contributed by atoms with Gasteiger partial charge < -0.3 is 15.4 Å². The standard InChI is InChI=1S/C20H24N2O2/c1-14-5-7-16(8-6-14)13-24-19-10-9-17(12-15(19)2)22-11-3-4-18(22)20(21)23/h5-10,12,18H,3-4,11,13H2,1-2H3,(H2,21,23)/t18-/m1/s1. The molecule has 1 fully saturated rings. The summed E-state index contributed by atoms with van der Waals surface area (Å²) in [4.78, 5) is 13.7. The number of ether oxygens (including phenoxy) is 1. The molecule has 0 unspecified atom stereocenters. The summed E-state index contributed by atoms with van der Waals surface area (Å²) in [5.41, 5.74) is 10.0. The van der Waals surface area contributed by atoms with E-state index in [0.717, 1.165) is 42.0 Å². The van der Waals surface area contributed by atoms with Crippen molar-refractivity contribution in [2.75, 3.05) is 11.4 Å². The Kier molecular flexibility index (Phi) is 4.74. The highest BCUT2D eigenvalue weighted by Gasteiger charge is 2.29. The summed E-state index contributed by atoms with van der Waals surface area (Å²) in [6.45, 7) is 5.53. The number of primary amides is 1. The Hall–Kier alpha value is -2.49. The molecule has 4 nitrogen and oxygen atoms in total. The van der Waals surface area contributed by atoms with Gasteiger partial charge in [-0.15, -0.1) is 0 Å². The number of rotatable bonds is 5. The normalized spacial score (nSPS) is 17.1. The summed E-state index contributed by atoms with van der Waals surface area (Å²) in [6, 6.07) is 14.2. The molecule has 1 amide bonds. The van der Waals surface area contributed by atoms with E-state index in [4.69, 9.17) is 10.5 Å². The van der Waals surface area contributed by atoms with Crippen LogP contribution in [0.25, 0.3) is 0 Å². The van der Waals surface area contributed by atoms with E-state index in [9.17, 15) is 4.79 Å². The van der Waals surface area contributed by atoms with Crippen LogP contribution in [-0.4, -0.2) is 18.5 Å². The molecule has 1 saturated heterocycles. The van der Waals surface area contributed by atoms with Crippen molar-refractivity contribution in [1.82, 2.24) is 0 Å². The average molecular weight is 324 g/mol. The maximum absolute atomic E-state index is 11.6. The van der Waals surface area contributed by atoms with Crippen LogP contribution in [0.5, 0.6) is 5.75 Å². The Morgan fingerprint density at radius 2 is 1.96 bits per heavy atom. The van der Waals surface area contributed by atoms with Gasteiger partial charge in [0.2, 0.25) is 5.91 Å². The number of benzene rings is 2. The zero-order chi connectivity index (χ0) is 17.1. The van der Waals surface area contributed by atoms with E-state index in [1.165, 1.54) is 5.56 Å². The van der Waals surface area contributed by atoms with Crippen LogP contribution < -0.4 is 15.4 Å². The average Bonchev–Trinajstić information content (AvgIpc) is 3.05. The Labute approximate surface area is 143 Å². The molecule has 24 heavy (non-hydrogen) atoms. The van der Waals surface area contributed by atoms with Crippen LogP contribution in [0, 0.1) is 13.8 Å². The molecule has 1 heterocycles. The molecule has 126 valence electrons. The topological polar surface area (TPSA) is 55.6 Å². The summed E-state index contributed by atoms with van der Waals surface area (Å²) in [5, 5.41) is 0. The molecule has 0 spiro atoms. The molecule has 1 aliphatic heterocycles. The van der Waals surface area contributed by atoms with Crippen LogP contribution in [0.15, 0.2) is 42.5 Å². The van der Waals surface area contributed by atoms with E-state index in [2.05, 4.69) is 42.2 Å². The number of carbonyl (C=O) groups excluding carboxylic acids is 1. The molecular formula is C20H24N2O2. The lowest BCUT2D eigenvalue weighted by molar-refractivity contribution is -0.119. The van der Waals surface area contributed by atoms with E-state index >= 15 is 0 Å². The van der Waals surface area contributed by atoms with Gasteiger partial charge in [-0.25, -0.2) is 0 Å². The lowest BCUT2D eigenvalue weighted by atomic mass is 10.1. The maximum Gasteiger partial charge on any atom is 0.240 e. The predicted molar refractivity (Wildman–Crippen MR) is 96.3 cm³/mol. The fraction of sp³-hybridized carbons (Fsp3) is 0.350. The Bertz CT molecular complexity index is 725.